The second kappa shape index (κ2) is 6.92. The molecule has 0 saturated carbocycles. The zero-order valence-electron chi connectivity index (χ0n) is 12.4. The van der Waals surface area contributed by atoms with E-state index < -0.39 is 0 Å². The molecule has 1 heterocycles. The minimum atomic E-state index is 0.714. The summed E-state index contributed by atoms with van der Waals surface area (Å²) < 4.78 is 5.21. The van der Waals surface area contributed by atoms with Crippen molar-refractivity contribution in [2.45, 2.75) is 20.4 Å². The van der Waals surface area contributed by atoms with E-state index in [1.807, 2.05) is 12.1 Å². The Balaban J connectivity index is 1.97. The molecule has 106 valence electrons. The molecule has 2 rings (SSSR count). The molecule has 0 amide bonds. The molecule has 0 aromatic heterocycles. The highest BCUT2D eigenvalue weighted by Crippen LogP contribution is 2.15. The van der Waals surface area contributed by atoms with Crippen LogP contribution >= 0.6 is 0 Å². The van der Waals surface area contributed by atoms with Crippen molar-refractivity contribution >= 4 is 0 Å². The van der Waals surface area contributed by atoms with E-state index in [4.69, 9.17) is 4.74 Å². The van der Waals surface area contributed by atoms with E-state index in [9.17, 15) is 0 Å². The number of ether oxygens (including phenoxy) is 1. The van der Waals surface area contributed by atoms with Gasteiger partial charge < -0.3 is 10.1 Å². The molecular weight excluding hydrogens is 236 g/mol. The summed E-state index contributed by atoms with van der Waals surface area (Å²) >= 11 is 0. The van der Waals surface area contributed by atoms with Gasteiger partial charge in [0.1, 0.15) is 5.75 Å². The molecule has 0 spiro atoms. The summed E-state index contributed by atoms with van der Waals surface area (Å²) in [5, 5.41) is 3.54. The van der Waals surface area contributed by atoms with Crippen molar-refractivity contribution < 1.29 is 4.74 Å². The van der Waals surface area contributed by atoms with Crippen LogP contribution in [0.3, 0.4) is 0 Å². The van der Waals surface area contributed by atoms with Crippen molar-refractivity contribution in [1.29, 1.82) is 0 Å². The molecule has 0 radical (unpaired) electrons. The molecule has 0 aliphatic carbocycles. The van der Waals surface area contributed by atoms with Crippen molar-refractivity contribution in [2.75, 3.05) is 33.3 Å². The van der Waals surface area contributed by atoms with Crippen LogP contribution < -0.4 is 10.1 Å². The first kappa shape index (κ1) is 14.4. The Labute approximate surface area is 116 Å². The van der Waals surface area contributed by atoms with Crippen LogP contribution in [0, 0.1) is 11.8 Å². The van der Waals surface area contributed by atoms with E-state index in [1.165, 1.54) is 18.7 Å². The van der Waals surface area contributed by atoms with Gasteiger partial charge in [-0.1, -0.05) is 26.0 Å². The third-order valence-corrected chi connectivity index (χ3v) is 3.69. The van der Waals surface area contributed by atoms with Gasteiger partial charge in [0.2, 0.25) is 0 Å². The third kappa shape index (κ3) is 4.51. The Morgan fingerprint density at radius 1 is 1.11 bits per heavy atom. The van der Waals surface area contributed by atoms with Crippen LogP contribution in [0.4, 0.5) is 0 Å². The van der Waals surface area contributed by atoms with Crippen LogP contribution in [-0.2, 0) is 6.54 Å². The Morgan fingerprint density at radius 3 is 2.21 bits per heavy atom. The molecule has 1 saturated heterocycles. The lowest BCUT2D eigenvalue weighted by Gasteiger charge is -2.31. The Bertz CT molecular complexity index is 365. The second-order valence-corrected chi connectivity index (χ2v) is 5.91. The number of methoxy groups -OCH3 is 1. The van der Waals surface area contributed by atoms with Gasteiger partial charge in [0.25, 0.3) is 0 Å². The number of hydrogen-bond acceptors (Lipinski definition) is 3. The lowest BCUT2D eigenvalue weighted by Crippen LogP contribution is -2.42. The summed E-state index contributed by atoms with van der Waals surface area (Å²) in [6, 6.07) is 8.44. The molecule has 1 aliphatic heterocycles. The van der Waals surface area contributed by atoms with Gasteiger partial charge in [-0.25, -0.2) is 0 Å². The molecule has 1 fully saturated rings. The molecule has 0 bridgehead atoms. The number of nitrogens with one attached hydrogen (secondary N) is 1. The molecule has 19 heavy (non-hydrogen) atoms. The van der Waals surface area contributed by atoms with Gasteiger partial charge in [0, 0.05) is 19.6 Å². The lowest BCUT2D eigenvalue weighted by atomic mass is 10.0. The molecule has 3 heteroatoms. The van der Waals surface area contributed by atoms with Crippen molar-refractivity contribution in [1.82, 2.24) is 10.2 Å². The number of nitrogens with zero attached hydrogens (tertiary/aromatic N) is 1. The van der Waals surface area contributed by atoms with Crippen LogP contribution in [0.2, 0.25) is 0 Å². The fourth-order valence-corrected chi connectivity index (χ4v) is 2.78. The summed E-state index contributed by atoms with van der Waals surface area (Å²) in [7, 11) is 1.71. The van der Waals surface area contributed by atoms with Gasteiger partial charge in [-0.15, -0.1) is 0 Å². The minimum absolute atomic E-state index is 0.714. The Kier molecular flexibility index (Phi) is 5.23. The van der Waals surface area contributed by atoms with E-state index in [2.05, 4.69) is 36.2 Å². The Hall–Kier alpha value is -1.06. The first-order chi connectivity index (χ1) is 9.17. The van der Waals surface area contributed by atoms with Crippen LogP contribution in [0.25, 0.3) is 0 Å². The summed E-state index contributed by atoms with van der Waals surface area (Å²) in [5.41, 5.74) is 1.37. The zero-order chi connectivity index (χ0) is 13.7. The van der Waals surface area contributed by atoms with Crippen molar-refractivity contribution in [3.8, 4) is 5.75 Å². The fraction of sp³-hybridized carbons (Fsp3) is 0.625. The fourth-order valence-electron chi connectivity index (χ4n) is 2.78. The molecule has 2 atom stereocenters. The maximum absolute atomic E-state index is 5.21. The average molecular weight is 262 g/mol. The van der Waals surface area contributed by atoms with E-state index >= 15 is 0 Å². The molecule has 2 unspecified atom stereocenters. The number of benzene rings is 1. The highest BCUT2D eigenvalue weighted by Gasteiger charge is 2.17. The van der Waals surface area contributed by atoms with Crippen molar-refractivity contribution in [3.63, 3.8) is 0 Å². The molecule has 1 aromatic carbocycles. The predicted octanol–water partition coefficient (Wildman–Crippen LogP) is 2.37. The van der Waals surface area contributed by atoms with Gasteiger partial charge in [0.15, 0.2) is 0 Å². The highest BCUT2D eigenvalue weighted by molar-refractivity contribution is 5.27. The maximum Gasteiger partial charge on any atom is 0.118 e. The molecule has 3 nitrogen and oxygen atoms in total. The van der Waals surface area contributed by atoms with Gasteiger partial charge in [-0.2, -0.15) is 0 Å². The largest absolute Gasteiger partial charge is 0.497 e. The number of rotatable bonds is 3. The first-order valence-corrected chi connectivity index (χ1v) is 7.23. The lowest BCUT2D eigenvalue weighted by molar-refractivity contribution is 0.178. The quantitative estimate of drug-likeness (QED) is 0.905. The first-order valence-electron chi connectivity index (χ1n) is 7.23. The van der Waals surface area contributed by atoms with Gasteiger partial charge in [0.05, 0.1) is 7.11 Å². The van der Waals surface area contributed by atoms with Gasteiger partial charge in [-0.05, 0) is 42.6 Å². The standard InChI is InChI=1S/C16H26N2O/c1-13-8-17-9-14(2)11-18(10-13)12-15-4-6-16(19-3)7-5-15/h4-7,13-14,17H,8-12H2,1-3H3. The van der Waals surface area contributed by atoms with Crippen LogP contribution in [0.5, 0.6) is 5.75 Å². The smallest absolute Gasteiger partial charge is 0.118 e. The van der Waals surface area contributed by atoms with Crippen LogP contribution in [0.1, 0.15) is 19.4 Å². The third-order valence-electron chi connectivity index (χ3n) is 3.69. The van der Waals surface area contributed by atoms with Gasteiger partial charge in [-0.3, -0.25) is 4.90 Å². The van der Waals surface area contributed by atoms with E-state index in [0.29, 0.717) is 11.8 Å². The zero-order valence-corrected chi connectivity index (χ0v) is 12.4. The molecule has 1 aliphatic rings. The summed E-state index contributed by atoms with van der Waals surface area (Å²) in [6.07, 6.45) is 0. The molecule has 1 N–H and O–H groups in total. The maximum atomic E-state index is 5.21. The predicted molar refractivity (Wildman–Crippen MR) is 79.5 cm³/mol. The molecular formula is C16H26N2O. The number of hydrogen-bond donors (Lipinski definition) is 1. The SMILES string of the molecule is COc1ccc(CN2CC(C)CNCC(C)C2)cc1. The van der Waals surface area contributed by atoms with Crippen LogP contribution in [0.15, 0.2) is 24.3 Å². The molecule has 1 aromatic rings. The summed E-state index contributed by atoms with van der Waals surface area (Å²) in [4.78, 5) is 2.58. The topological polar surface area (TPSA) is 24.5 Å². The monoisotopic (exact) mass is 262 g/mol. The van der Waals surface area contributed by atoms with Crippen LogP contribution in [-0.4, -0.2) is 38.2 Å². The Morgan fingerprint density at radius 2 is 1.68 bits per heavy atom. The second-order valence-electron chi connectivity index (χ2n) is 5.91. The average Bonchev–Trinajstić information content (AvgIpc) is 2.37. The van der Waals surface area contributed by atoms with E-state index in [-0.39, 0.29) is 0 Å². The summed E-state index contributed by atoms with van der Waals surface area (Å²) in [5.74, 6) is 2.36. The highest BCUT2D eigenvalue weighted by atomic mass is 16.5. The normalized spacial score (nSPS) is 25.6. The van der Waals surface area contributed by atoms with Gasteiger partial charge >= 0.3 is 0 Å². The summed E-state index contributed by atoms with van der Waals surface area (Å²) in [6.45, 7) is 10.3. The van der Waals surface area contributed by atoms with Crippen molar-refractivity contribution in [2.24, 2.45) is 11.8 Å². The van der Waals surface area contributed by atoms with Crippen molar-refractivity contribution in [3.05, 3.63) is 29.8 Å². The minimum Gasteiger partial charge on any atom is -0.497 e. The van der Waals surface area contributed by atoms with E-state index in [0.717, 1.165) is 25.4 Å². The van der Waals surface area contributed by atoms with E-state index in [1.54, 1.807) is 7.11 Å².